The fourth-order valence-corrected chi connectivity index (χ4v) is 1.90. The average Bonchev–Trinajstić information content (AvgIpc) is 2.35. The highest BCUT2D eigenvalue weighted by Crippen LogP contribution is 2.26. The van der Waals surface area contributed by atoms with Crippen molar-refractivity contribution in [1.82, 2.24) is 4.98 Å². The van der Waals surface area contributed by atoms with Crippen molar-refractivity contribution in [3.63, 3.8) is 0 Å². The predicted octanol–water partition coefficient (Wildman–Crippen LogP) is 1.24. The van der Waals surface area contributed by atoms with E-state index in [0.717, 1.165) is 5.39 Å². The molecule has 1 aromatic carbocycles. The van der Waals surface area contributed by atoms with Crippen molar-refractivity contribution in [2.24, 2.45) is 5.73 Å². The van der Waals surface area contributed by atoms with Gasteiger partial charge in [-0.2, -0.15) is 0 Å². The summed E-state index contributed by atoms with van der Waals surface area (Å²) in [5.41, 5.74) is 6.61. The van der Waals surface area contributed by atoms with Gasteiger partial charge in [0.15, 0.2) is 0 Å². The molecule has 1 aromatic heterocycles. The van der Waals surface area contributed by atoms with Gasteiger partial charge in [0, 0.05) is 23.2 Å². The first kappa shape index (κ1) is 12.3. The number of benzene rings is 1. The molecule has 0 saturated heterocycles. The topological polar surface area (TPSA) is 79.4 Å². The summed E-state index contributed by atoms with van der Waals surface area (Å²) in [5.74, 6) is 0. The smallest absolute Gasteiger partial charge is 0.107 e. The van der Waals surface area contributed by atoms with E-state index in [1.54, 1.807) is 30.5 Å². The van der Waals surface area contributed by atoms with E-state index in [9.17, 15) is 10.2 Å². The molecular weight excluding hydrogens is 240 g/mol. The molecule has 0 aliphatic heterocycles. The van der Waals surface area contributed by atoms with Crippen LogP contribution in [-0.2, 0) is 0 Å². The summed E-state index contributed by atoms with van der Waals surface area (Å²) in [5, 5.41) is 20.9. The molecule has 0 spiro atoms. The lowest BCUT2D eigenvalue weighted by atomic mass is 10.0. The minimum Gasteiger partial charge on any atom is -0.389 e. The van der Waals surface area contributed by atoms with Gasteiger partial charge < -0.3 is 15.9 Å². The van der Waals surface area contributed by atoms with Gasteiger partial charge in [-0.3, -0.25) is 4.98 Å². The van der Waals surface area contributed by atoms with Crippen LogP contribution in [0.1, 0.15) is 11.7 Å². The summed E-state index contributed by atoms with van der Waals surface area (Å²) in [6.45, 7) is -0.00142. The molecule has 90 valence electrons. The Morgan fingerprint density at radius 2 is 2.06 bits per heavy atom. The lowest BCUT2D eigenvalue weighted by Gasteiger charge is -2.17. The van der Waals surface area contributed by atoms with Gasteiger partial charge in [0.25, 0.3) is 0 Å². The van der Waals surface area contributed by atoms with E-state index in [1.807, 2.05) is 0 Å². The van der Waals surface area contributed by atoms with E-state index in [0.29, 0.717) is 16.1 Å². The fourth-order valence-electron chi connectivity index (χ4n) is 1.74. The fraction of sp³-hybridized carbons (Fsp3) is 0.250. The molecule has 2 atom stereocenters. The number of fused-ring (bicyclic) bond motifs is 1. The van der Waals surface area contributed by atoms with Crippen LogP contribution in [0.5, 0.6) is 0 Å². The maximum atomic E-state index is 9.97. The van der Waals surface area contributed by atoms with E-state index >= 15 is 0 Å². The number of hydrogen-bond donors (Lipinski definition) is 3. The first-order valence-corrected chi connectivity index (χ1v) is 5.61. The molecule has 5 heteroatoms. The molecule has 2 rings (SSSR count). The highest BCUT2D eigenvalue weighted by molar-refractivity contribution is 6.31. The van der Waals surface area contributed by atoms with Crippen molar-refractivity contribution in [3.05, 3.63) is 41.0 Å². The van der Waals surface area contributed by atoms with Gasteiger partial charge in [0.05, 0.1) is 11.6 Å². The van der Waals surface area contributed by atoms with Gasteiger partial charge in [-0.15, -0.1) is 0 Å². The quantitative estimate of drug-likeness (QED) is 0.768. The molecular formula is C12H13ClN2O2. The molecule has 0 saturated carbocycles. The Labute approximate surface area is 104 Å². The Morgan fingerprint density at radius 3 is 2.76 bits per heavy atom. The summed E-state index contributed by atoms with van der Waals surface area (Å²) >= 11 is 5.87. The summed E-state index contributed by atoms with van der Waals surface area (Å²) in [4.78, 5) is 4.16. The van der Waals surface area contributed by atoms with Crippen molar-refractivity contribution in [2.75, 3.05) is 6.54 Å². The maximum absolute atomic E-state index is 9.97. The summed E-state index contributed by atoms with van der Waals surface area (Å²) < 4.78 is 0. The monoisotopic (exact) mass is 252 g/mol. The van der Waals surface area contributed by atoms with Crippen LogP contribution in [0.3, 0.4) is 0 Å². The molecule has 2 aromatic rings. The lowest BCUT2D eigenvalue weighted by molar-refractivity contribution is 0.0252. The first-order chi connectivity index (χ1) is 8.13. The first-order valence-electron chi connectivity index (χ1n) is 5.24. The highest BCUT2D eigenvalue weighted by Gasteiger charge is 2.19. The maximum Gasteiger partial charge on any atom is 0.107 e. The van der Waals surface area contributed by atoms with Crippen molar-refractivity contribution < 1.29 is 10.2 Å². The summed E-state index contributed by atoms with van der Waals surface area (Å²) in [7, 11) is 0. The van der Waals surface area contributed by atoms with E-state index in [2.05, 4.69) is 4.98 Å². The molecule has 0 radical (unpaired) electrons. The predicted molar refractivity (Wildman–Crippen MR) is 66.8 cm³/mol. The van der Waals surface area contributed by atoms with E-state index in [1.165, 1.54) is 0 Å². The second-order valence-electron chi connectivity index (χ2n) is 3.81. The Hall–Kier alpha value is -1.20. The number of aromatic nitrogens is 1. The molecule has 1 heterocycles. The van der Waals surface area contributed by atoms with E-state index in [-0.39, 0.29) is 6.54 Å². The normalized spacial score (nSPS) is 14.8. The molecule has 4 N–H and O–H groups in total. The molecule has 0 aliphatic rings. The second kappa shape index (κ2) is 4.98. The molecule has 0 bridgehead atoms. The zero-order chi connectivity index (χ0) is 12.4. The third-order valence-electron chi connectivity index (χ3n) is 2.66. The molecule has 0 fully saturated rings. The van der Waals surface area contributed by atoms with Crippen LogP contribution in [0.15, 0.2) is 30.5 Å². The number of nitrogens with zero attached hydrogens (tertiary/aromatic N) is 1. The van der Waals surface area contributed by atoms with E-state index < -0.39 is 12.2 Å². The second-order valence-corrected chi connectivity index (χ2v) is 4.25. The molecule has 4 nitrogen and oxygen atoms in total. The van der Waals surface area contributed by atoms with Gasteiger partial charge in [0.1, 0.15) is 6.10 Å². The van der Waals surface area contributed by atoms with Crippen molar-refractivity contribution >= 4 is 22.5 Å². The van der Waals surface area contributed by atoms with Gasteiger partial charge in [0.2, 0.25) is 0 Å². The molecule has 17 heavy (non-hydrogen) atoms. The zero-order valence-electron chi connectivity index (χ0n) is 9.05. The van der Waals surface area contributed by atoms with E-state index in [4.69, 9.17) is 17.3 Å². The highest BCUT2D eigenvalue weighted by atomic mass is 35.5. The van der Waals surface area contributed by atoms with Crippen LogP contribution >= 0.6 is 11.6 Å². The third-order valence-corrected chi connectivity index (χ3v) is 2.90. The number of nitrogens with two attached hydrogens (primary N) is 1. The van der Waals surface area contributed by atoms with Gasteiger partial charge in [-0.25, -0.2) is 0 Å². The van der Waals surface area contributed by atoms with Crippen LogP contribution in [0, 0.1) is 0 Å². The average molecular weight is 253 g/mol. The molecule has 0 amide bonds. The third kappa shape index (κ3) is 2.40. The number of pyridine rings is 1. The Bertz CT molecular complexity index is 533. The Kier molecular flexibility index (Phi) is 3.59. The van der Waals surface area contributed by atoms with Gasteiger partial charge >= 0.3 is 0 Å². The van der Waals surface area contributed by atoms with Crippen LogP contribution in [0.4, 0.5) is 0 Å². The van der Waals surface area contributed by atoms with Crippen molar-refractivity contribution in [3.8, 4) is 0 Å². The Morgan fingerprint density at radius 1 is 1.29 bits per heavy atom. The van der Waals surface area contributed by atoms with Gasteiger partial charge in [-0.05, 0) is 23.8 Å². The number of aliphatic hydroxyl groups is 2. The van der Waals surface area contributed by atoms with Gasteiger partial charge in [-0.1, -0.05) is 17.7 Å². The molecule has 2 unspecified atom stereocenters. The van der Waals surface area contributed by atoms with Crippen molar-refractivity contribution in [2.45, 2.75) is 12.2 Å². The zero-order valence-corrected chi connectivity index (χ0v) is 9.80. The minimum atomic E-state index is -1.02. The summed E-state index contributed by atoms with van der Waals surface area (Å²) in [6, 6.07) is 6.87. The number of hydrogen-bond acceptors (Lipinski definition) is 4. The van der Waals surface area contributed by atoms with Crippen LogP contribution < -0.4 is 5.73 Å². The number of rotatable bonds is 3. The standard InChI is InChI=1S/C12H13ClN2O2/c13-7-1-2-8-9(12(17)11(16)6-14)3-4-15-10(8)5-7/h1-5,11-12,16-17H,6,14H2. The Balaban J connectivity index is 2.54. The van der Waals surface area contributed by atoms with Crippen molar-refractivity contribution in [1.29, 1.82) is 0 Å². The number of aliphatic hydroxyl groups excluding tert-OH is 2. The van der Waals surface area contributed by atoms with Crippen LogP contribution in [-0.4, -0.2) is 27.8 Å². The minimum absolute atomic E-state index is 0.00142. The largest absolute Gasteiger partial charge is 0.389 e. The summed E-state index contributed by atoms with van der Waals surface area (Å²) in [6.07, 6.45) is -0.441. The molecule has 0 aliphatic carbocycles. The van der Waals surface area contributed by atoms with Crippen LogP contribution in [0.2, 0.25) is 5.02 Å². The lowest BCUT2D eigenvalue weighted by Crippen LogP contribution is -2.27. The number of halogens is 1. The van der Waals surface area contributed by atoms with Crippen LogP contribution in [0.25, 0.3) is 10.9 Å². The SMILES string of the molecule is NCC(O)C(O)c1ccnc2cc(Cl)ccc12.